The van der Waals surface area contributed by atoms with Crippen molar-refractivity contribution < 1.29 is 14.3 Å². The number of benzene rings is 2. The van der Waals surface area contributed by atoms with E-state index in [4.69, 9.17) is 4.74 Å². The molecule has 0 saturated carbocycles. The summed E-state index contributed by atoms with van der Waals surface area (Å²) in [4.78, 5) is 25.1. The van der Waals surface area contributed by atoms with Gasteiger partial charge in [0.05, 0.1) is 12.3 Å². The molecule has 0 unspecified atom stereocenters. The summed E-state index contributed by atoms with van der Waals surface area (Å²) in [6.45, 7) is 3.60. The van der Waals surface area contributed by atoms with Crippen molar-refractivity contribution in [2.24, 2.45) is 0 Å². The van der Waals surface area contributed by atoms with Crippen LogP contribution in [0.4, 0.5) is 4.39 Å². The Labute approximate surface area is 161 Å². The molecule has 0 radical (unpaired) electrons. The van der Waals surface area contributed by atoms with Crippen LogP contribution in [0.3, 0.4) is 0 Å². The lowest BCUT2D eigenvalue weighted by molar-refractivity contribution is 0.0531. The van der Waals surface area contributed by atoms with Gasteiger partial charge < -0.3 is 9.94 Å². The van der Waals surface area contributed by atoms with Crippen LogP contribution in [-0.2, 0) is 18.1 Å². The maximum Gasteiger partial charge on any atom is 0.366 e. The Morgan fingerprint density at radius 3 is 2.29 bits per heavy atom. The topological polar surface area (TPSA) is 73.5 Å². The normalized spacial score (nSPS) is 11.1. The zero-order valence-electron chi connectivity index (χ0n) is 15.6. The number of aromatic nitrogens is 2. The molecular weight excluding hydrogens is 363 g/mol. The molecule has 0 aliphatic heterocycles. The Balaban J connectivity index is 2.04. The molecule has 146 valence electrons. The first kappa shape index (κ1) is 19.6. The van der Waals surface area contributed by atoms with Crippen LogP contribution in [-0.4, -0.2) is 14.5 Å². The van der Waals surface area contributed by atoms with Crippen LogP contribution < -0.4 is 11.2 Å². The highest BCUT2D eigenvalue weighted by molar-refractivity contribution is 5.63. The van der Waals surface area contributed by atoms with E-state index in [0.29, 0.717) is 16.8 Å². The van der Waals surface area contributed by atoms with Gasteiger partial charge in [-0.15, -0.1) is 0 Å². The first-order chi connectivity index (χ1) is 13.4. The standard InChI is InChI=1S/C21H21FN2O4/c1-14(2)18-19(16-6-4-3-5-7-16)23(21(26)24(27)20(18)25)13-28-12-15-8-10-17(22)11-9-15/h3-11,14,27H,12-13H2,1-2H3. The molecular formula is C21H21FN2O4. The predicted octanol–water partition coefficient (Wildman–Crippen LogP) is 3.35. The van der Waals surface area contributed by atoms with Crippen LogP contribution in [0.2, 0.25) is 0 Å². The van der Waals surface area contributed by atoms with Gasteiger partial charge >= 0.3 is 5.69 Å². The van der Waals surface area contributed by atoms with Crippen molar-refractivity contribution >= 4 is 0 Å². The van der Waals surface area contributed by atoms with Crippen molar-refractivity contribution in [1.82, 2.24) is 9.30 Å². The van der Waals surface area contributed by atoms with Gasteiger partial charge in [0.2, 0.25) is 0 Å². The van der Waals surface area contributed by atoms with Crippen LogP contribution in [0.15, 0.2) is 64.2 Å². The summed E-state index contributed by atoms with van der Waals surface area (Å²) in [5.74, 6) is -0.578. The van der Waals surface area contributed by atoms with E-state index in [2.05, 4.69) is 0 Å². The smallest absolute Gasteiger partial charge is 0.366 e. The van der Waals surface area contributed by atoms with E-state index >= 15 is 0 Å². The molecule has 1 heterocycles. The van der Waals surface area contributed by atoms with Gasteiger partial charge in [-0.3, -0.25) is 9.36 Å². The summed E-state index contributed by atoms with van der Waals surface area (Å²) in [7, 11) is 0. The van der Waals surface area contributed by atoms with Crippen LogP contribution in [0.1, 0.15) is 30.9 Å². The second kappa shape index (κ2) is 8.22. The van der Waals surface area contributed by atoms with Crippen molar-refractivity contribution in [3.8, 4) is 11.3 Å². The second-order valence-corrected chi connectivity index (χ2v) is 6.71. The molecule has 0 aliphatic carbocycles. The van der Waals surface area contributed by atoms with Crippen LogP contribution in [0, 0.1) is 5.82 Å². The molecule has 1 N–H and O–H groups in total. The average Bonchev–Trinajstić information content (AvgIpc) is 2.69. The minimum atomic E-state index is -0.882. The van der Waals surface area contributed by atoms with E-state index in [1.54, 1.807) is 36.4 Å². The Bertz CT molecular complexity index is 1070. The highest BCUT2D eigenvalue weighted by atomic mass is 19.1. The lowest BCUT2D eigenvalue weighted by Crippen LogP contribution is -2.42. The molecule has 2 aromatic carbocycles. The fraction of sp³-hybridized carbons (Fsp3) is 0.238. The van der Waals surface area contributed by atoms with Gasteiger partial charge in [-0.25, -0.2) is 9.18 Å². The van der Waals surface area contributed by atoms with E-state index < -0.39 is 11.2 Å². The van der Waals surface area contributed by atoms with Gasteiger partial charge in [-0.05, 0) is 29.2 Å². The van der Waals surface area contributed by atoms with Crippen LogP contribution in [0.25, 0.3) is 11.3 Å². The zero-order valence-corrected chi connectivity index (χ0v) is 15.6. The molecule has 7 heteroatoms. The number of nitrogens with zero attached hydrogens (tertiary/aromatic N) is 2. The first-order valence-corrected chi connectivity index (χ1v) is 8.86. The van der Waals surface area contributed by atoms with E-state index in [1.807, 2.05) is 19.9 Å². The monoisotopic (exact) mass is 384 g/mol. The van der Waals surface area contributed by atoms with Crippen molar-refractivity contribution in [1.29, 1.82) is 0 Å². The SMILES string of the molecule is CC(C)c1c(-c2ccccc2)n(COCc2ccc(F)cc2)c(=O)n(O)c1=O. The zero-order chi connectivity index (χ0) is 20.3. The average molecular weight is 384 g/mol. The third-order valence-electron chi connectivity index (χ3n) is 4.39. The number of halogens is 1. The molecule has 0 atom stereocenters. The van der Waals surface area contributed by atoms with E-state index in [0.717, 1.165) is 5.56 Å². The fourth-order valence-electron chi connectivity index (χ4n) is 3.04. The maximum absolute atomic E-state index is 13.0. The van der Waals surface area contributed by atoms with E-state index in [9.17, 15) is 19.2 Å². The number of hydrogen-bond acceptors (Lipinski definition) is 4. The molecule has 0 amide bonds. The van der Waals surface area contributed by atoms with Crippen LogP contribution in [0.5, 0.6) is 0 Å². The van der Waals surface area contributed by atoms with Gasteiger partial charge in [-0.2, -0.15) is 0 Å². The molecule has 28 heavy (non-hydrogen) atoms. The Hall–Kier alpha value is -3.19. The maximum atomic E-state index is 13.0. The van der Waals surface area contributed by atoms with Crippen LogP contribution >= 0.6 is 0 Å². The summed E-state index contributed by atoms with van der Waals surface area (Å²) in [6.07, 6.45) is 0. The molecule has 1 aromatic heterocycles. The first-order valence-electron chi connectivity index (χ1n) is 8.86. The molecule has 6 nitrogen and oxygen atoms in total. The van der Waals surface area contributed by atoms with Crippen molar-refractivity contribution in [2.75, 3.05) is 0 Å². The quantitative estimate of drug-likeness (QED) is 0.662. The number of hydrogen-bond donors (Lipinski definition) is 1. The lowest BCUT2D eigenvalue weighted by Gasteiger charge is -2.19. The summed E-state index contributed by atoms with van der Waals surface area (Å²) in [5, 5.41) is 10.0. The van der Waals surface area contributed by atoms with Crippen molar-refractivity contribution in [3.63, 3.8) is 0 Å². The second-order valence-electron chi connectivity index (χ2n) is 6.71. The molecule has 3 rings (SSSR count). The third-order valence-corrected chi connectivity index (χ3v) is 4.39. The summed E-state index contributed by atoms with van der Waals surface area (Å²) in [5.41, 5.74) is 0.512. The minimum absolute atomic E-state index is 0.114. The number of rotatable bonds is 6. The van der Waals surface area contributed by atoms with E-state index in [-0.39, 0.29) is 29.8 Å². The van der Waals surface area contributed by atoms with Crippen molar-refractivity contribution in [3.05, 3.63) is 92.4 Å². The molecule has 0 bridgehead atoms. The Morgan fingerprint density at radius 1 is 1.04 bits per heavy atom. The fourth-order valence-corrected chi connectivity index (χ4v) is 3.04. The summed E-state index contributed by atoms with van der Waals surface area (Å²) < 4.78 is 20.0. The van der Waals surface area contributed by atoms with Gasteiger partial charge in [-0.1, -0.05) is 61.0 Å². The van der Waals surface area contributed by atoms with Gasteiger partial charge in [0.15, 0.2) is 0 Å². The Kier molecular flexibility index (Phi) is 5.75. The van der Waals surface area contributed by atoms with Crippen molar-refractivity contribution in [2.45, 2.75) is 33.1 Å². The highest BCUT2D eigenvalue weighted by Crippen LogP contribution is 2.25. The largest absolute Gasteiger partial charge is 0.421 e. The molecule has 0 saturated heterocycles. The number of ether oxygens (including phenoxy) is 1. The lowest BCUT2D eigenvalue weighted by atomic mass is 9.98. The summed E-state index contributed by atoms with van der Waals surface area (Å²) >= 11 is 0. The highest BCUT2D eigenvalue weighted by Gasteiger charge is 2.22. The van der Waals surface area contributed by atoms with Gasteiger partial charge in [0, 0.05) is 5.56 Å². The third kappa shape index (κ3) is 3.89. The molecule has 0 aliphatic rings. The summed E-state index contributed by atoms with van der Waals surface area (Å²) in [6, 6.07) is 14.8. The van der Waals surface area contributed by atoms with Gasteiger partial charge in [0.25, 0.3) is 5.56 Å². The molecule has 3 aromatic rings. The minimum Gasteiger partial charge on any atom is -0.421 e. The van der Waals surface area contributed by atoms with E-state index in [1.165, 1.54) is 16.7 Å². The Morgan fingerprint density at radius 2 is 1.68 bits per heavy atom. The predicted molar refractivity (Wildman–Crippen MR) is 103 cm³/mol. The molecule has 0 fully saturated rings. The van der Waals surface area contributed by atoms with Gasteiger partial charge in [0.1, 0.15) is 12.5 Å². The molecule has 0 spiro atoms.